The molecule has 0 spiro atoms. The third kappa shape index (κ3) is 3.97. The average Bonchev–Trinajstić information content (AvgIpc) is 3.35. The number of methoxy groups -OCH3 is 1. The Kier molecular flexibility index (Phi) is 6.46. The van der Waals surface area contributed by atoms with E-state index in [1.54, 1.807) is 4.90 Å². The van der Waals surface area contributed by atoms with Gasteiger partial charge >= 0.3 is 5.97 Å². The molecule has 7 nitrogen and oxygen atoms in total. The molecule has 0 radical (unpaired) electrons. The highest BCUT2D eigenvalue weighted by Crippen LogP contribution is 2.39. The summed E-state index contributed by atoms with van der Waals surface area (Å²) in [5.74, 6) is -0.222. The summed E-state index contributed by atoms with van der Waals surface area (Å²) in [5.41, 5.74) is 0.894. The number of sulfonamides is 1. The lowest BCUT2D eigenvalue weighted by Gasteiger charge is -2.28. The summed E-state index contributed by atoms with van der Waals surface area (Å²) in [6.45, 7) is 5.91. The smallest absolute Gasteiger partial charge is 0.340 e. The molecule has 1 saturated heterocycles. The summed E-state index contributed by atoms with van der Waals surface area (Å²) < 4.78 is 32.7. The van der Waals surface area contributed by atoms with E-state index in [0.29, 0.717) is 44.9 Å². The first-order chi connectivity index (χ1) is 13.3. The Hall–Kier alpha value is -1.45. The second-order valence-corrected chi connectivity index (χ2v) is 10.8. The lowest BCUT2D eigenvalue weighted by atomic mass is 10.0. The Balaban J connectivity index is 1.94. The van der Waals surface area contributed by atoms with Gasteiger partial charge < -0.3 is 9.64 Å². The number of nitrogens with zero attached hydrogens (tertiary/aromatic N) is 2. The molecule has 0 aliphatic carbocycles. The van der Waals surface area contributed by atoms with Gasteiger partial charge in [0.2, 0.25) is 5.91 Å². The SMILES string of the molecule is CCC(C)CC(=O)N1CCc2c(sc(S(=O)(=O)N3CCCC3)c2C(=O)OC)C1. The minimum Gasteiger partial charge on any atom is -0.465 e. The van der Waals surface area contributed by atoms with Crippen molar-refractivity contribution in [2.45, 2.75) is 56.7 Å². The molecule has 0 saturated carbocycles. The maximum Gasteiger partial charge on any atom is 0.340 e. The van der Waals surface area contributed by atoms with Gasteiger partial charge in [0.15, 0.2) is 0 Å². The van der Waals surface area contributed by atoms with Crippen molar-refractivity contribution in [3.05, 3.63) is 16.0 Å². The molecular formula is C19H28N2O5S2. The maximum absolute atomic E-state index is 13.1. The van der Waals surface area contributed by atoms with E-state index in [1.165, 1.54) is 11.4 Å². The summed E-state index contributed by atoms with van der Waals surface area (Å²) in [6.07, 6.45) is 3.55. The minimum atomic E-state index is -3.73. The molecule has 28 heavy (non-hydrogen) atoms. The van der Waals surface area contributed by atoms with E-state index in [-0.39, 0.29) is 15.7 Å². The molecule has 3 rings (SSSR count). The van der Waals surface area contributed by atoms with E-state index < -0.39 is 16.0 Å². The van der Waals surface area contributed by atoms with Gasteiger partial charge in [-0.15, -0.1) is 11.3 Å². The van der Waals surface area contributed by atoms with Crippen LogP contribution in [0.4, 0.5) is 0 Å². The van der Waals surface area contributed by atoms with E-state index in [1.807, 2.05) is 0 Å². The van der Waals surface area contributed by atoms with Gasteiger partial charge in [-0.1, -0.05) is 20.3 Å². The lowest BCUT2D eigenvalue weighted by Crippen LogP contribution is -2.36. The Morgan fingerprint density at radius 1 is 1.21 bits per heavy atom. The molecule has 1 aromatic rings. The predicted octanol–water partition coefficient (Wildman–Crippen LogP) is 2.64. The van der Waals surface area contributed by atoms with Crippen LogP contribution in [0.15, 0.2) is 4.21 Å². The van der Waals surface area contributed by atoms with Gasteiger partial charge in [0, 0.05) is 30.9 Å². The molecule has 1 unspecified atom stereocenters. The van der Waals surface area contributed by atoms with E-state index >= 15 is 0 Å². The summed E-state index contributed by atoms with van der Waals surface area (Å²) in [6, 6.07) is 0. The van der Waals surface area contributed by atoms with Crippen LogP contribution >= 0.6 is 11.3 Å². The van der Waals surface area contributed by atoms with Crippen LogP contribution in [0, 0.1) is 5.92 Å². The van der Waals surface area contributed by atoms with Crippen molar-refractivity contribution < 1.29 is 22.7 Å². The molecule has 3 heterocycles. The molecule has 0 N–H and O–H groups in total. The van der Waals surface area contributed by atoms with E-state index in [0.717, 1.165) is 41.0 Å². The number of carbonyl (C=O) groups excluding carboxylic acids is 2. The van der Waals surface area contributed by atoms with Gasteiger partial charge in [0.25, 0.3) is 10.0 Å². The zero-order valence-electron chi connectivity index (χ0n) is 16.7. The number of rotatable bonds is 6. The number of hydrogen-bond donors (Lipinski definition) is 0. The average molecular weight is 429 g/mol. The Morgan fingerprint density at radius 3 is 2.50 bits per heavy atom. The third-order valence-corrected chi connectivity index (χ3v) is 9.24. The molecule has 1 aromatic heterocycles. The molecule has 2 aliphatic rings. The quantitative estimate of drug-likeness (QED) is 0.651. The van der Waals surface area contributed by atoms with Gasteiger partial charge in [-0.3, -0.25) is 4.79 Å². The van der Waals surface area contributed by atoms with Crippen LogP contribution in [0.5, 0.6) is 0 Å². The first-order valence-corrected chi connectivity index (χ1v) is 12.1. The summed E-state index contributed by atoms with van der Waals surface area (Å²) in [5, 5.41) is 0. The first kappa shape index (κ1) is 21.3. The zero-order chi connectivity index (χ0) is 20.5. The Morgan fingerprint density at radius 2 is 1.89 bits per heavy atom. The first-order valence-electron chi connectivity index (χ1n) is 9.80. The van der Waals surface area contributed by atoms with Crippen molar-refractivity contribution in [3.8, 4) is 0 Å². The second-order valence-electron chi connectivity index (χ2n) is 7.55. The fraction of sp³-hybridized carbons (Fsp3) is 0.684. The van der Waals surface area contributed by atoms with Gasteiger partial charge in [-0.05, 0) is 30.7 Å². The maximum atomic E-state index is 13.1. The number of thiophene rings is 1. The molecule has 156 valence electrons. The molecular weight excluding hydrogens is 400 g/mol. The molecule has 1 fully saturated rings. The van der Waals surface area contributed by atoms with E-state index in [4.69, 9.17) is 4.74 Å². The van der Waals surface area contributed by atoms with Crippen LogP contribution in [0.1, 0.15) is 60.3 Å². The number of ether oxygens (including phenoxy) is 1. The molecule has 2 aliphatic heterocycles. The van der Waals surface area contributed by atoms with Gasteiger partial charge in [0.05, 0.1) is 19.2 Å². The van der Waals surface area contributed by atoms with Crippen LogP contribution in [0.25, 0.3) is 0 Å². The summed E-state index contributed by atoms with van der Waals surface area (Å²) in [4.78, 5) is 27.6. The number of hydrogen-bond acceptors (Lipinski definition) is 6. The highest BCUT2D eigenvalue weighted by atomic mass is 32.2. The summed E-state index contributed by atoms with van der Waals surface area (Å²) in [7, 11) is -2.46. The Bertz CT molecular complexity index is 856. The van der Waals surface area contributed by atoms with Crippen molar-refractivity contribution >= 4 is 33.2 Å². The van der Waals surface area contributed by atoms with Crippen molar-refractivity contribution in [1.82, 2.24) is 9.21 Å². The Labute approximate surface area is 170 Å². The van der Waals surface area contributed by atoms with Gasteiger partial charge in [-0.25, -0.2) is 13.2 Å². The van der Waals surface area contributed by atoms with E-state index in [2.05, 4.69) is 13.8 Å². The highest BCUT2D eigenvalue weighted by Gasteiger charge is 2.38. The fourth-order valence-corrected chi connectivity index (χ4v) is 7.26. The fourth-order valence-electron chi connectivity index (χ4n) is 3.70. The number of amides is 1. The van der Waals surface area contributed by atoms with Crippen molar-refractivity contribution in [1.29, 1.82) is 0 Å². The highest BCUT2D eigenvalue weighted by molar-refractivity contribution is 7.91. The largest absolute Gasteiger partial charge is 0.465 e. The van der Waals surface area contributed by atoms with Crippen molar-refractivity contribution in [2.75, 3.05) is 26.7 Å². The van der Waals surface area contributed by atoms with Crippen LogP contribution < -0.4 is 0 Å². The topological polar surface area (TPSA) is 84.0 Å². The van der Waals surface area contributed by atoms with Crippen LogP contribution in [-0.4, -0.2) is 56.2 Å². The molecule has 1 atom stereocenters. The minimum absolute atomic E-state index is 0.0717. The predicted molar refractivity (Wildman–Crippen MR) is 107 cm³/mol. The second kappa shape index (κ2) is 8.51. The number of fused-ring (bicyclic) bond motifs is 1. The van der Waals surface area contributed by atoms with Gasteiger partial charge in [-0.2, -0.15) is 4.31 Å². The number of esters is 1. The van der Waals surface area contributed by atoms with Crippen LogP contribution in [0.3, 0.4) is 0 Å². The van der Waals surface area contributed by atoms with Crippen molar-refractivity contribution in [3.63, 3.8) is 0 Å². The monoisotopic (exact) mass is 428 g/mol. The van der Waals surface area contributed by atoms with Crippen LogP contribution in [-0.2, 0) is 32.5 Å². The van der Waals surface area contributed by atoms with Crippen LogP contribution in [0.2, 0.25) is 0 Å². The van der Waals surface area contributed by atoms with Crippen molar-refractivity contribution in [2.24, 2.45) is 5.92 Å². The molecule has 0 aromatic carbocycles. The molecule has 0 bridgehead atoms. The number of carbonyl (C=O) groups is 2. The summed E-state index contributed by atoms with van der Waals surface area (Å²) >= 11 is 1.12. The third-order valence-electron chi connectivity index (χ3n) is 5.63. The van der Waals surface area contributed by atoms with E-state index in [9.17, 15) is 18.0 Å². The lowest BCUT2D eigenvalue weighted by molar-refractivity contribution is -0.133. The molecule has 1 amide bonds. The molecule has 9 heteroatoms. The standard InChI is InChI=1S/C19H28N2O5S2/c1-4-13(2)11-16(22)20-10-7-14-15(12-20)27-19(17(14)18(23)26-3)28(24,25)21-8-5-6-9-21/h13H,4-12H2,1-3H3. The normalized spacial score (nSPS) is 18.8. The zero-order valence-corrected chi connectivity index (χ0v) is 18.3. The van der Waals surface area contributed by atoms with Gasteiger partial charge in [0.1, 0.15) is 4.21 Å².